The molecule has 0 aromatic heterocycles. The van der Waals surface area contributed by atoms with Crippen LogP contribution < -0.4 is 10.9 Å². The van der Waals surface area contributed by atoms with E-state index in [4.69, 9.17) is 16.3 Å². The molecule has 1 aliphatic carbocycles. The van der Waals surface area contributed by atoms with Gasteiger partial charge >= 0.3 is 5.97 Å². The van der Waals surface area contributed by atoms with Crippen LogP contribution in [0.25, 0.3) is 0 Å². The van der Waals surface area contributed by atoms with Crippen LogP contribution in [0.5, 0.6) is 0 Å². The predicted octanol–water partition coefficient (Wildman–Crippen LogP) is 3.50. The monoisotopic (exact) mass is 394 g/mol. The van der Waals surface area contributed by atoms with E-state index in [-0.39, 0.29) is 17.3 Å². The van der Waals surface area contributed by atoms with E-state index in [1.165, 1.54) is 12.1 Å². The van der Waals surface area contributed by atoms with Crippen molar-refractivity contribution in [3.63, 3.8) is 0 Å². The number of esters is 1. The number of hydrazine groups is 1. The average Bonchev–Trinajstić information content (AvgIpc) is 2.64. The molecule has 2 amide bonds. The molecule has 1 aromatic rings. The lowest BCUT2D eigenvalue weighted by Gasteiger charge is -2.36. The van der Waals surface area contributed by atoms with Crippen LogP contribution in [0.3, 0.4) is 0 Å². The first-order valence-corrected chi connectivity index (χ1v) is 9.56. The standard InChI is InChI=1S/C20H27ClN2O4/c1-20(2,3)15-8-4-14(5-9-15)19(26)27-12-17(24)22-23-18(25)13-6-10-16(21)11-7-13/h6-7,10-11,14-15H,4-5,8-9,12H2,1-3H3,(H,22,24)(H,23,25). The molecule has 7 heteroatoms. The lowest BCUT2D eigenvalue weighted by molar-refractivity contribution is -0.154. The van der Waals surface area contributed by atoms with Crippen molar-refractivity contribution in [2.24, 2.45) is 17.3 Å². The Morgan fingerprint density at radius 2 is 1.63 bits per heavy atom. The van der Waals surface area contributed by atoms with Gasteiger partial charge in [-0.05, 0) is 61.3 Å². The molecule has 1 aliphatic rings. The molecular weight excluding hydrogens is 368 g/mol. The maximum atomic E-state index is 12.1. The van der Waals surface area contributed by atoms with Gasteiger partial charge in [0.25, 0.3) is 11.8 Å². The SMILES string of the molecule is CC(C)(C)C1CCC(C(=O)OCC(=O)NNC(=O)c2ccc(Cl)cc2)CC1. The Hall–Kier alpha value is -2.08. The maximum Gasteiger partial charge on any atom is 0.309 e. The van der Waals surface area contributed by atoms with Gasteiger partial charge in [0.05, 0.1) is 5.92 Å². The minimum atomic E-state index is -0.589. The second-order valence-corrected chi connectivity index (χ2v) is 8.47. The van der Waals surface area contributed by atoms with E-state index < -0.39 is 18.4 Å². The summed E-state index contributed by atoms with van der Waals surface area (Å²) in [4.78, 5) is 35.8. The smallest absolute Gasteiger partial charge is 0.309 e. The number of hydrogen-bond acceptors (Lipinski definition) is 4. The molecule has 0 radical (unpaired) electrons. The first-order valence-electron chi connectivity index (χ1n) is 9.18. The number of benzene rings is 1. The Morgan fingerprint density at radius 1 is 1.04 bits per heavy atom. The highest BCUT2D eigenvalue weighted by Crippen LogP contribution is 2.40. The van der Waals surface area contributed by atoms with Gasteiger partial charge in [0, 0.05) is 10.6 Å². The molecule has 2 N–H and O–H groups in total. The Bertz CT molecular complexity index is 674. The van der Waals surface area contributed by atoms with E-state index in [1.54, 1.807) is 12.1 Å². The zero-order valence-electron chi connectivity index (χ0n) is 16.0. The molecule has 1 fully saturated rings. The molecule has 0 atom stereocenters. The summed E-state index contributed by atoms with van der Waals surface area (Å²) in [6.07, 6.45) is 3.56. The van der Waals surface area contributed by atoms with Crippen molar-refractivity contribution in [1.82, 2.24) is 10.9 Å². The zero-order valence-corrected chi connectivity index (χ0v) is 16.8. The molecule has 0 saturated heterocycles. The summed E-state index contributed by atoms with van der Waals surface area (Å²) in [6.45, 7) is 6.25. The number of hydrogen-bond donors (Lipinski definition) is 2. The number of rotatable bonds is 4. The highest BCUT2D eigenvalue weighted by Gasteiger charge is 2.33. The van der Waals surface area contributed by atoms with E-state index in [9.17, 15) is 14.4 Å². The fourth-order valence-corrected chi connectivity index (χ4v) is 3.41. The van der Waals surface area contributed by atoms with Gasteiger partial charge in [0.2, 0.25) is 0 Å². The van der Waals surface area contributed by atoms with Crippen LogP contribution in [0.2, 0.25) is 5.02 Å². The third-order valence-corrected chi connectivity index (χ3v) is 5.30. The molecular formula is C20H27ClN2O4. The van der Waals surface area contributed by atoms with Gasteiger partial charge in [-0.3, -0.25) is 25.2 Å². The minimum Gasteiger partial charge on any atom is -0.455 e. The van der Waals surface area contributed by atoms with Crippen LogP contribution >= 0.6 is 11.6 Å². The first kappa shape index (κ1) is 21.2. The fourth-order valence-electron chi connectivity index (χ4n) is 3.29. The van der Waals surface area contributed by atoms with Crippen molar-refractivity contribution in [3.8, 4) is 0 Å². The summed E-state index contributed by atoms with van der Waals surface area (Å²) in [5, 5.41) is 0.513. The average molecular weight is 395 g/mol. The zero-order chi connectivity index (χ0) is 20.0. The lowest BCUT2D eigenvalue weighted by atomic mass is 9.70. The van der Waals surface area contributed by atoms with E-state index >= 15 is 0 Å². The molecule has 0 spiro atoms. The van der Waals surface area contributed by atoms with Gasteiger partial charge in [-0.1, -0.05) is 32.4 Å². The second-order valence-electron chi connectivity index (χ2n) is 8.03. The summed E-state index contributed by atoms with van der Waals surface area (Å²) >= 11 is 5.76. The topological polar surface area (TPSA) is 84.5 Å². The van der Waals surface area contributed by atoms with Gasteiger partial charge in [0.1, 0.15) is 0 Å². The van der Waals surface area contributed by atoms with Crippen LogP contribution in [-0.4, -0.2) is 24.4 Å². The van der Waals surface area contributed by atoms with Crippen LogP contribution in [0, 0.1) is 17.3 Å². The molecule has 0 bridgehead atoms. The molecule has 6 nitrogen and oxygen atoms in total. The molecule has 1 saturated carbocycles. The lowest BCUT2D eigenvalue weighted by Crippen LogP contribution is -2.44. The third kappa shape index (κ3) is 6.54. The highest BCUT2D eigenvalue weighted by atomic mass is 35.5. The number of amides is 2. The third-order valence-electron chi connectivity index (χ3n) is 5.05. The normalized spacial score (nSPS) is 19.9. The maximum absolute atomic E-state index is 12.1. The summed E-state index contributed by atoms with van der Waals surface area (Å²) < 4.78 is 5.10. The molecule has 0 unspecified atom stereocenters. The predicted molar refractivity (Wildman–Crippen MR) is 103 cm³/mol. The number of carbonyl (C=O) groups is 3. The van der Waals surface area contributed by atoms with Gasteiger partial charge in [0.15, 0.2) is 6.61 Å². The summed E-state index contributed by atoms with van der Waals surface area (Å²) in [6, 6.07) is 6.23. The Balaban J connectivity index is 1.69. The minimum absolute atomic E-state index is 0.153. The van der Waals surface area contributed by atoms with Gasteiger partial charge < -0.3 is 4.74 Å². The van der Waals surface area contributed by atoms with Gasteiger partial charge in [-0.25, -0.2) is 0 Å². The van der Waals surface area contributed by atoms with Crippen molar-refractivity contribution in [2.45, 2.75) is 46.5 Å². The Labute approximate surface area is 165 Å². The Kier molecular flexibility index (Phi) is 7.25. The van der Waals surface area contributed by atoms with Crippen molar-refractivity contribution in [2.75, 3.05) is 6.61 Å². The van der Waals surface area contributed by atoms with Crippen molar-refractivity contribution < 1.29 is 19.1 Å². The van der Waals surface area contributed by atoms with Crippen LogP contribution in [0.15, 0.2) is 24.3 Å². The quantitative estimate of drug-likeness (QED) is 0.604. The molecule has 0 aliphatic heterocycles. The molecule has 148 valence electrons. The molecule has 1 aromatic carbocycles. The molecule has 27 heavy (non-hydrogen) atoms. The number of ether oxygens (including phenoxy) is 1. The highest BCUT2D eigenvalue weighted by molar-refractivity contribution is 6.30. The van der Waals surface area contributed by atoms with Crippen LogP contribution in [-0.2, 0) is 14.3 Å². The number of halogens is 1. The number of nitrogens with one attached hydrogen (secondary N) is 2. The second kappa shape index (κ2) is 9.22. The van der Waals surface area contributed by atoms with E-state index in [0.717, 1.165) is 25.7 Å². The van der Waals surface area contributed by atoms with E-state index in [2.05, 4.69) is 31.6 Å². The number of carbonyl (C=O) groups excluding carboxylic acids is 3. The van der Waals surface area contributed by atoms with Gasteiger partial charge in [-0.15, -0.1) is 0 Å². The summed E-state index contributed by atoms with van der Waals surface area (Å²) in [5.41, 5.74) is 5.10. The summed E-state index contributed by atoms with van der Waals surface area (Å²) in [7, 11) is 0. The van der Waals surface area contributed by atoms with Crippen molar-refractivity contribution in [3.05, 3.63) is 34.9 Å². The van der Waals surface area contributed by atoms with Crippen LogP contribution in [0.1, 0.15) is 56.8 Å². The first-order chi connectivity index (χ1) is 12.7. The van der Waals surface area contributed by atoms with Crippen LogP contribution in [0.4, 0.5) is 0 Å². The van der Waals surface area contributed by atoms with Gasteiger partial charge in [-0.2, -0.15) is 0 Å². The fraction of sp³-hybridized carbons (Fsp3) is 0.550. The largest absolute Gasteiger partial charge is 0.455 e. The van der Waals surface area contributed by atoms with Crippen molar-refractivity contribution in [1.29, 1.82) is 0 Å². The molecule has 2 rings (SSSR count). The van der Waals surface area contributed by atoms with E-state index in [1.807, 2.05) is 0 Å². The summed E-state index contributed by atoms with van der Waals surface area (Å²) in [5.74, 6) is -0.963. The van der Waals surface area contributed by atoms with E-state index in [0.29, 0.717) is 16.5 Å². The molecule has 0 heterocycles. The van der Waals surface area contributed by atoms with Crippen molar-refractivity contribution >= 4 is 29.4 Å². The Morgan fingerprint density at radius 3 is 2.19 bits per heavy atom.